The first kappa shape index (κ1) is 31.9. The fraction of sp³-hybridized carbons (Fsp3) is 0.0588. The maximum absolute atomic E-state index is 6.61. The quantitative estimate of drug-likeness (QED) is 0.172. The molecule has 2 aliphatic rings. The van der Waals surface area contributed by atoms with Crippen LogP contribution in [0, 0.1) is 0 Å². The molecule has 0 bridgehead atoms. The molecule has 0 saturated carbocycles. The van der Waals surface area contributed by atoms with Gasteiger partial charge in [0.25, 0.3) is 0 Å². The van der Waals surface area contributed by atoms with Crippen LogP contribution in [0.4, 0.5) is 34.1 Å². The summed E-state index contributed by atoms with van der Waals surface area (Å²) in [5, 5.41) is 0. The average molecular weight is 695 g/mol. The highest BCUT2D eigenvalue weighted by molar-refractivity contribution is 5.97. The van der Waals surface area contributed by atoms with Crippen molar-refractivity contribution < 1.29 is 4.74 Å². The van der Waals surface area contributed by atoms with Gasteiger partial charge in [0, 0.05) is 22.5 Å². The van der Waals surface area contributed by atoms with Gasteiger partial charge in [0.05, 0.1) is 17.1 Å². The SMILES string of the molecule is CC1(C)c2ccccc2N2c3ccccc3Oc3ccc(-c4cccc(-c5cccc(N(c6ccccc6)c6ccc(-c7ccccc7)cc6)c5)c4)c1c32. The summed E-state index contributed by atoms with van der Waals surface area (Å²) in [5.41, 5.74) is 16.1. The normalized spacial score (nSPS) is 13.3. The Morgan fingerprint density at radius 1 is 0.426 bits per heavy atom. The lowest BCUT2D eigenvalue weighted by Gasteiger charge is -2.45. The van der Waals surface area contributed by atoms with Crippen molar-refractivity contribution in [3.63, 3.8) is 0 Å². The third kappa shape index (κ3) is 5.20. The molecule has 2 aliphatic heterocycles. The van der Waals surface area contributed by atoms with Crippen LogP contribution in [0.25, 0.3) is 33.4 Å². The van der Waals surface area contributed by atoms with Crippen LogP contribution in [0.5, 0.6) is 11.5 Å². The Hall–Kier alpha value is -6.84. The summed E-state index contributed by atoms with van der Waals surface area (Å²) in [4.78, 5) is 4.74. The highest BCUT2D eigenvalue weighted by Crippen LogP contribution is 2.61. The number of para-hydroxylation sites is 4. The molecule has 10 rings (SSSR count). The van der Waals surface area contributed by atoms with Crippen LogP contribution in [0.1, 0.15) is 25.0 Å². The Labute approximate surface area is 317 Å². The van der Waals surface area contributed by atoms with E-state index in [-0.39, 0.29) is 5.41 Å². The van der Waals surface area contributed by atoms with Gasteiger partial charge in [-0.05, 0) is 111 Å². The molecule has 3 heteroatoms. The van der Waals surface area contributed by atoms with E-state index in [2.05, 4.69) is 212 Å². The predicted octanol–water partition coefficient (Wildman–Crippen LogP) is 14.4. The van der Waals surface area contributed by atoms with E-state index in [4.69, 9.17) is 4.74 Å². The number of hydrogen-bond donors (Lipinski definition) is 0. The average Bonchev–Trinajstić information content (AvgIpc) is 3.23. The van der Waals surface area contributed by atoms with Gasteiger partial charge in [-0.2, -0.15) is 0 Å². The number of benzene rings is 8. The minimum absolute atomic E-state index is 0.272. The second-order valence-electron chi connectivity index (χ2n) is 14.6. The number of fused-ring (bicyclic) bond motifs is 4. The number of ether oxygens (including phenoxy) is 1. The maximum atomic E-state index is 6.61. The Bertz CT molecular complexity index is 2660. The van der Waals surface area contributed by atoms with E-state index < -0.39 is 0 Å². The molecule has 0 N–H and O–H groups in total. The molecule has 54 heavy (non-hydrogen) atoms. The molecule has 0 radical (unpaired) electrons. The van der Waals surface area contributed by atoms with Gasteiger partial charge in [0.1, 0.15) is 0 Å². The van der Waals surface area contributed by atoms with E-state index in [0.29, 0.717) is 0 Å². The summed E-state index contributed by atoms with van der Waals surface area (Å²) in [6, 6.07) is 69.5. The highest BCUT2D eigenvalue weighted by atomic mass is 16.5. The Kier molecular flexibility index (Phi) is 7.48. The van der Waals surface area contributed by atoms with Crippen LogP contribution in [-0.2, 0) is 5.41 Å². The van der Waals surface area contributed by atoms with E-state index in [9.17, 15) is 0 Å². The van der Waals surface area contributed by atoms with E-state index in [1.165, 1.54) is 44.6 Å². The van der Waals surface area contributed by atoms with Crippen LogP contribution >= 0.6 is 0 Å². The third-order valence-corrected chi connectivity index (χ3v) is 11.0. The fourth-order valence-electron chi connectivity index (χ4n) is 8.45. The van der Waals surface area contributed by atoms with Gasteiger partial charge in [-0.1, -0.05) is 141 Å². The summed E-state index contributed by atoms with van der Waals surface area (Å²) in [7, 11) is 0. The van der Waals surface area contributed by atoms with Crippen LogP contribution in [-0.4, -0.2) is 0 Å². The summed E-state index contributed by atoms with van der Waals surface area (Å²) in [6.45, 7) is 4.70. The molecule has 2 heterocycles. The van der Waals surface area contributed by atoms with Crippen molar-refractivity contribution in [2.75, 3.05) is 9.80 Å². The first-order valence-electron chi connectivity index (χ1n) is 18.6. The molecule has 8 aromatic carbocycles. The molecule has 8 aromatic rings. The lowest BCUT2D eigenvalue weighted by Crippen LogP contribution is -2.33. The molecular weight excluding hydrogens is 657 g/mol. The standard InChI is InChI=1S/C51H38N2O/c1-51(2)44-23-9-10-24-45(44)53-46-25-11-12-26-47(46)54-48-32-31-43(49(51)50(48)53)39-19-13-17-37(33-39)38-18-14-22-42(34-38)52(40-20-7-4-8-21-40)41-29-27-36(28-30-41)35-15-5-3-6-16-35/h3-34H,1-2H3. The molecule has 0 unspecified atom stereocenters. The second kappa shape index (κ2) is 12.7. The molecule has 0 aromatic heterocycles. The van der Waals surface area contributed by atoms with Crippen LogP contribution in [0.15, 0.2) is 194 Å². The van der Waals surface area contributed by atoms with Crippen LogP contribution < -0.4 is 14.5 Å². The summed E-state index contributed by atoms with van der Waals surface area (Å²) >= 11 is 0. The van der Waals surface area contributed by atoms with Crippen LogP contribution in [0.2, 0.25) is 0 Å². The van der Waals surface area contributed by atoms with Gasteiger partial charge in [0.2, 0.25) is 0 Å². The van der Waals surface area contributed by atoms with Crippen LogP contribution in [0.3, 0.4) is 0 Å². The van der Waals surface area contributed by atoms with E-state index in [1.54, 1.807) is 0 Å². The highest BCUT2D eigenvalue weighted by Gasteiger charge is 2.43. The van der Waals surface area contributed by atoms with E-state index in [1.807, 2.05) is 6.07 Å². The molecule has 0 fully saturated rings. The largest absolute Gasteiger partial charge is 0.453 e. The topological polar surface area (TPSA) is 15.7 Å². The smallest absolute Gasteiger partial charge is 0.151 e. The van der Waals surface area contributed by atoms with E-state index >= 15 is 0 Å². The summed E-state index contributed by atoms with van der Waals surface area (Å²) < 4.78 is 6.61. The monoisotopic (exact) mass is 694 g/mol. The fourth-order valence-corrected chi connectivity index (χ4v) is 8.45. The first-order chi connectivity index (χ1) is 26.5. The molecule has 0 atom stereocenters. The van der Waals surface area contributed by atoms with Crippen molar-refractivity contribution in [3.8, 4) is 44.9 Å². The van der Waals surface area contributed by atoms with Crippen molar-refractivity contribution in [3.05, 3.63) is 205 Å². The number of hydrogen-bond acceptors (Lipinski definition) is 3. The van der Waals surface area contributed by atoms with Gasteiger partial charge in [-0.3, -0.25) is 0 Å². The van der Waals surface area contributed by atoms with Gasteiger partial charge in [-0.25, -0.2) is 0 Å². The lowest BCUT2D eigenvalue weighted by atomic mass is 9.70. The maximum Gasteiger partial charge on any atom is 0.151 e. The van der Waals surface area contributed by atoms with Crippen molar-refractivity contribution in [1.29, 1.82) is 0 Å². The molecule has 0 spiro atoms. The minimum Gasteiger partial charge on any atom is -0.453 e. The number of anilines is 6. The number of rotatable bonds is 6. The minimum atomic E-state index is -0.272. The van der Waals surface area contributed by atoms with Gasteiger partial charge in [-0.15, -0.1) is 0 Å². The second-order valence-corrected chi connectivity index (χ2v) is 14.6. The van der Waals surface area contributed by atoms with Crippen molar-refractivity contribution in [2.45, 2.75) is 19.3 Å². The lowest BCUT2D eigenvalue weighted by molar-refractivity contribution is 0.471. The van der Waals surface area contributed by atoms with Crippen molar-refractivity contribution >= 4 is 34.1 Å². The Morgan fingerprint density at radius 3 is 1.80 bits per heavy atom. The zero-order valence-electron chi connectivity index (χ0n) is 30.3. The third-order valence-electron chi connectivity index (χ3n) is 11.0. The molecule has 0 aliphatic carbocycles. The Balaban J connectivity index is 1.07. The molecule has 3 nitrogen and oxygen atoms in total. The van der Waals surface area contributed by atoms with Gasteiger partial charge >= 0.3 is 0 Å². The molecule has 258 valence electrons. The zero-order chi connectivity index (χ0) is 36.2. The summed E-state index contributed by atoms with van der Waals surface area (Å²) in [6.07, 6.45) is 0. The predicted molar refractivity (Wildman–Crippen MR) is 224 cm³/mol. The van der Waals surface area contributed by atoms with E-state index in [0.717, 1.165) is 45.5 Å². The first-order valence-corrected chi connectivity index (χ1v) is 18.6. The number of nitrogens with zero attached hydrogens (tertiary/aromatic N) is 2. The van der Waals surface area contributed by atoms with Gasteiger partial charge < -0.3 is 14.5 Å². The van der Waals surface area contributed by atoms with Crippen molar-refractivity contribution in [1.82, 2.24) is 0 Å². The summed E-state index contributed by atoms with van der Waals surface area (Å²) in [5.74, 6) is 1.76. The van der Waals surface area contributed by atoms with Crippen molar-refractivity contribution in [2.24, 2.45) is 0 Å². The van der Waals surface area contributed by atoms with Gasteiger partial charge in [0.15, 0.2) is 11.5 Å². The molecule has 0 amide bonds. The molecular formula is C51H38N2O. The Morgan fingerprint density at radius 2 is 1.00 bits per heavy atom. The molecule has 0 saturated heterocycles. The zero-order valence-corrected chi connectivity index (χ0v) is 30.3.